The van der Waals surface area contributed by atoms with Crippen LogP contribution in [0, 0.1) is 5.82 Å². The average molecular weight is 319 g/mol. The van der Waals surface area contributed by atoms with Crippen molar-refractivity contribution in [2.75, 3.05) is 18.0 Å². The molecule has 1 aromatic heterocycles. The fourth-order valence-corrected chi connectivity index (χ4v) is 2.79. The fraction of sp³-hybridized carbons (Fsp3) is 0.400. The van der Waals surface area contributed by atoms with Gasteiger partial charge in [0.15, 0.2) is 0 Å². The summed E-state index contributed by atoms with van der Waals surface area (Å²) in [6, 6.07) is 6.76. The van der Waals surface area contributed by atoms with Gasteiger partial charge in [-0.15, -0.1) is 0 Å². The van der Waals surface area contributed by atoms with Crippen molar-refractivity contribution >= 4 is 11.6 Å². The van der Waals surface area contributed by atoms with E-state index in [1.54, 1.807) is 12.1 Å². The second kappa shape index (κ2) is 6.64. The third-order valence-corrected chi connectivity index (χ3v) is 3.93. The maximum absolute atomic E-state index is 13.8. The SMILES string of the molecule is O=C(Cc1n[nH]c(=O)[nH]1)NC1CCN(c2ccccc2F)CC1. The highest BCUT2D eigenvalue weighted by atomic mass is 19.1. The zero-order valence-corrected chi connectivity index (χ0v) is 12.5. The second-order valence-corrected chi connectivity index (χ2v) is 5.58. The van der Waals surface area contributed by atoms with Crippen molar-refractivity contribution in [3.63, 3.8) is 0 Å². The van der Waals surface area contributed by atoms with Gasteiger partial charge in [0.05, 0.1) is 12.1 Å². The molecule has 1 aliphatic rings. The lowest BCUT2D eigenvalue weighted by Crippen LogP contribution is -2.45. The molecule has 2 aromatic rings. The van der Waals surface area contributed by atoms with Gasteiger partial charge in [-0.2, -0.15) is 5.10 Å². The smallest absolute Gasteiger partial charge is 0.340 e. The zero-order valence-electron chi connectivity index (χ0n) is 12.5. The minimum absolute atomic E-state index is 0.0340. The number of anilines is 1. The number of aromatic amines is 2. The monoisotopic (exact) mass is 319 g/mol. The van der Waals surface area contributed by atoms with Crippen molar-refractivity contribution in [2.24, 2.45) is 0 Å². The molecular weight excluding hydrogens is 301 g/mol. The minimum atomic E-state index is -0.425. The second-order valence-electron chi connectivity index (χ2n) is 5.58. The van der Waals surface area contributed by atoms with Crippen LogP contribution < -0.4 is 15.9 Å². The topological polar surface area (TPSA) is 93.9 Å². The fourth-order valence-electron chi connectivity index (χ4n) is 2.79. The first-order valence-corrected chi connectivity index (χ1v) is 7.54. The van der Waals surface area contributed by atoms with E-state index in [0.717, 1.165) is 12.8 Å². The number of carbonyl (C=O) groups is 1. The highest BCUT2D eigenvalue weighted by Gasteiger charge is 2.22. The molecule has 1 aliphatic heterocycles. The van der Waals surface area contributed by atoms with E-state index in [0.29, 0.717) is 24.6 Å². The maximum atomic E-state index is 13.8. The standard InChI is InChI=1S/C15H18FN5O2/c16-11-3-1-2-4-12(11)21-7-5-10(6-8-21)17-14(22)9-13-18-15(23)20-19-13/h1-4,10H,5-9H2,(H,17,22)(H2,18,19,20,23). The van der Waals surface area contributed by atoms with Crippen LogP contribution in [-0.2, 0) is 11.2 Å². The minimum Gasteiger partial charge on any atom is -0.369 e. The molecule has 0 atom stereocenters. The predicted octanol–water partition coefficient (Wildman–Crippen LogP) is 0.565. The van der Waals surface area contributed by atoms with E-state index in [1.807, 2.05) is 11.0 Å². The first-order valence-electron chi connectivity index (χ1n) is 7.54. The summed E-state index contributed by atoms with van der Waals surface area (Å²) in [7, 11) is 0. The summed E-state index contributed by atoms with van der Waals surface area (Å²) in [4.78, 5) is 27.3. The number of benzene rings is 1. The summed E-state index contributed by atoms with van der Waals surface area (Å²) in [5.41, 5.74) is 0.178. The number of nitrogens with zero attached hydrogens (tertiary/aromatic N) is 2. The van der Waals surface area contributed by atoms with E-state index in [1.165, 1.54) is 6.07 Å². The van der Waals surface area contributed by atoms with Crippen LogP contribution in [0.3, 0.4) is 0 Å². The summed E-state index contributed by atoms with van der Waals surface area (Å²) >= 11 is 0. The van der Waals surface area contributed by atoms with Gasteiger partial charge in [-0.25, -0.2) is 14.3 Å². The Labute approximate surface area is 131 Å². The van der Waals surface area contributed by atoms with Gasteiger partial charge in [-0.3, -0.25) is 9.78 Å². The Morgan fingerprint density at radius 3 is 2.74 bits per heavy atom. The average Bonchev–Trinajstić information content (AvgIpc) is 2.93. The number of para-hydroxylation sites is 1. The van der Waals surface area contributed by atoms with Gasteiger partial charge in [0.2, 0.25) is 5.91 Å². The molecule has 8 heteroatoms. The normalized spacial score (nSPS) is 15.6. The van der Waals surface area contributed by atoms with Crippen LogP contribution in [0.4, 0.5) is 10.1 Å². The molecule has 3 rings (SSSR count). The van der Waals surface area contributed by atoms with Crippen molar-refractivity contribution in [3.05, 3.63) is 46.4 Å². The summed E-state index contributed by atoms with van der Waals surface area (Å²) in [5, 5.41) is 8.86. The van der Waals surface area contributed by atoms with E-state index in [4.69, 9.17) is 0 Å². The van der Waals surface area contributed by atoms with Gasteiger partial charge in [-0.05, 0) is 25.0 Å². The highest BCUT2D eigenvalue weighted by molar-refractivity contribution is 5.78. The van der Waals surface area contributed by atoms with Gasteiger partial charge in [-0.1, -0.05) is 12.1 Å². The number of hydrogen-bond acceptors (Lipinski definition) is 4. The highest BCUT2D eigenvalue weighted by Crippen LogP contribution is 2.22. The predicted molar refractivity (Wildman–Crippen MR) is 82.7 cm³/mol. The molecule has 2 heterocycles. The third kappa shape index (κ3) is 3.77. The lowest BCUT2D eigenvalue weighted by atomic mass is 10.0. The Kier molecular flexibility index (Phi) is 4.40. The lowest BCUT2D eigenvalue weighted by Gasteiger charge is -2.34. The molecule has 0 radical (unpaired) electrons. The molecule has 122 valence electrons. The third-order valence-electron chi connectivity index (χ3n) is 3.93. The Morgan fingerprint density at radius 1 is 1.35 bits per heavy atom. The van der Waals surface area contributed by atoms with Crippen LogP contribution in [0.2, 0.25) is 0 Å². The molecule has 1 fully saturated rings. The largest absolute Gasteiger partial charge is 0.369 e. The summed E-state index contributed by atoms with van der Waals surface area (Å²) in [6.45, 7) is 1.37. The number of halogens is 1. The molecule has 7 nitrogen and oxygen atoms in total. The van der Waals surface area contributed by atoms with Crippen molar-refractivity contribution in [1.29, 1.82) is 0 Å². The molecule has 0 saturated carbocycles. The Hall–Kier alpha value is -2.64. The molecule has 23 heavy (non-hydrogen) atoms. The number of amides is 1. The first kappa shape index (κ1) is 15.3. The Morgan fingerprint density at radius 2 is 2.09 bits per heavy atom. The quantitative estimate of drug-likeness (QED) is 0.768. The Balaban J connectivity index is 1.50. The summed E-state index contributed by atoms with van der Waals surface area (Å²) < 4.78 is 13.8. The van der Waals surface area contributed by atoms with Gasteiger partial charge in [0.25, 0.3) is 0 Å². The van der Waals surface area contributed by atoms with Crippen molar-refractivity contribution in [3.8, 4) is 0 Å². The van der Waals surface area contributed by atoms with E-state index >= 15 is 0 Å². The van der Waals surface area contributed by atoms with Gasteiger partial charge in [0, 0.05) is 19.1 Å². The van der Waals surface area contributed by atoms with Crippen molar-refractivity contribution in [2.45, 2.75) is 25.3 Å². The number of nitrogens with one attached hydrogen (secondary N) is 3. The Bertz CT molecular complexity index is 733. The van der Waals surface area contributed by atoms with E-state index in [9.17, 15) is 14.0 Å². The molecule has 0 aliphatic carbocycles. The molecule has 1 saturated heterocycles. The van der Waals surface area contributed by atoms with E-state index in [-0.39, 0.29) is 24.2 Å². The van der Waals surface area contributed by atoms with Crippen LogP contribution in [0.1, 0.15) is 18.7 Å². The van der Waals surface area contributed by atoms with Crippen LogP contribution in [0.15, 0.2) is 29.1 Å². The van der Waals surface area contributed by atoms with E-state index < -0.39 is 5.69 Å². The number of piperidine rings is 1. The molecule has 0 spiro atoms. The van der Waals surface area contributed by atoms with Crippen molar-refractivity contribution < 1.29 is 9.18 Å². The molecule has 1 amide bonds. The summed E-state index contributed by atoms with van der Waals surface area (Å²) in [5.74, 6) is -0.0918. The number of rotatable bonds is 4. The lowest BCUT2D eigenvalue weighted by molar-refractivity contribution is -0.121. The number of hydrogen-bond donors (Lipinski definition) is 3. The molecule has 1 aromatic carbocycles. The van der Waals surface area contributed by atoms with Gasteiger partial charge >= 0.3 is 5.69 Å². The van der Waals surface area contributed by atoms with Crippen molar-refractivity contribution in [1.82, 2.24) is 20.5 Å². The molecule has 0 bridgehead atoms. The number of aromatic nitrogens is 3. The van der Waals surface area contributed by atoms with Crippen LogP contribution in [0.25, 0.3) is 0 Å². The number of carbonyl (C=O) groups excluding carboxylic acids is 1. The van der Waals surface area contributed by atoms with Crippen LogP contribution >= 0.6 is 0 Å². The molecular formula is C15H18FN5O2. The van der Waals surface area contributed by atoms with Gasteiger partial charge in [0.1, 0.15) is 11.6 Å². The maximum Gasteiger partial charge on any atom is 0.340 e. The van der Waals surface area contributed by atoms with Crippen LogP contribution in [-0.4, -0.2) is 40.2 Å². The first-order chi connectivity index (χ1) is 11.1. The number of H-pyrrole nitrogens is 2. The van der Waals surface area contributed by atoms with Gasteiger partial charge < -0.3 is 10.2 Å². The van der Waals surface area contributed by atoms with E-state index in [2.05, 4.69) is 20.5 Å². The summed E-state index contributed by atoms with van der Waals surface area (Å²) in [6.07, 6.45) is 1.53. The molecule has 3 N–H and O–H groups in total. The molecule has 0 unspecified atom stereocenters. The van der Waals surface area contributed by atoms with Crippen LogP contribution in [0.5, 0.6) is 0 Å². The zero-order chi connectivity index (χ0) is 16.2.